The van der Waals surface area contributed by atoms with E-state index in [4.69, 9.17) is 9.52 Å². The maximum Gasteiger partial charge on any atom is 0.311 e. The molecule has 1 aromatic carbocycles. The van der Waals surface area contributed by atoms with Gasteiger partial charge in [-0.25, -0.2) is 0 Å². The van der Waals surface area contributed by atoms with Gasteiger partial charge in [-0.3, -0.25) is 9.59 Å². The Hall–Kier alpha value is -2.56. The summed E-state index contributed by atoms with van der Waals surface area (Å²) in [7, 11) is 1.73. The lowest BCUT2D eigenvalue weighted by Crippen LogP contribution is -2.37. The molecule has 0 saturated carbocycles. The average molecular weight is 329 g/mol. The monoisotopic (exact) mass is 329 g/mol. The fourth-order valence-corrected chi connectivity index (χ4v) is 2.63. The van der Waals surface area contributed by atoms with Gasteiger partial charge in [0.25, 0.3) is 5.91 Å². The van der Waals surface area contributed by atoms with Crippen LogP contribution in [0, 0.1) is 13.8 Å². The Morgan fingerprint density at radius 3 is 2.42 bits per heavy atom. The molecule has 5 heteroatoms. The van der Waals surface area contributed by atoms with Crippen molar-refractivity contribution in [1.82, 2.24) is 4.90 Å². The summed E-state index contributed by atoms with van der Waals surface area (Å²) >= 11 is 0. The molecular weight excluding hydrogens is 306 g/mol. The quantitative estimate of drug-likeness (QED) is 0.883. The number of likely N-dealkylation sites (N-methyl/N-ethyl adjacent to an activating group) is 1. The number of hydrogen-bond donors (Lipinski definition) is 1. The van der Waals surface area contributed by atoms with Crippen LogP contribution < -0.4 is 0 Å². The highest BCUT2D eigenvalue weighted by atomic mass is 16.4. The van der Waals surface area contributed by atoms with Gasteiger partial charge in [-0.1, -0.05) is 29.8 Å². The molecule has 1 unspecified atom stereocenters. The van der Waals surface area contributed by atoms with E-state index in [1.54, 1.807) is 18.9 Å². The molecule has 0 bridgehead atoms. The molecule has 1 heterocycles. The Morgan fingerprint density at radius 2 is 1.83 bits per heavy atom. The Labute approximate surface area is 141 Å². The summed E-state index contributed by atoms with van der Waals surface area (Å²) in [6, 6.07) is 8.20. The molecule has 5 nitrogen and oxygen atoms in total. The molecule has 128 valence electrons. The van der Waals surface area contributed by atoms with E-state index in [1.165, 1.54) is 11.8 Å². The van der Waals surface area contributed by atoms with Crippen LogP contribution in [0.2, 0.25) is 0 Å². The SMILES string of the molecule is Cc1ccc(CC(C)N(C)C(=O)c2c(C)coc2CC(=O)O)cc1. The van der Waals surface area contributed by atoms with Crippen molar-refractivity contribution < 1.29 is 19.1 Å². The molecule has 1 amide bonds. The predicted octanol–water partition coefficient (Wildman–Crippen LogP) is 3.23. The highest BCUT2D eigenvalue weighted by molar-refractivity contribution is 5.97. The fraction of sp³-hybridized carbons (Fsp3) is 0.368. The molecule has 0 aliphatic carbocycles. The van der Waals surface area contributed by atoms with E-state index < -0.39 is 5.97 Å². The summed E-state index contributed by atoms with van der Waals surface area (Å²) < 4.78 is 5.26. The second-order valence-electron chi connectivity index (χ2n) is 6.24. The van der Waals surface area contributed by atoms with Crippen molar-refractivity contribution in [3.63, 3.8) is 0 Å². The minimum atomic E-state index is -1.02. The molecule has 1 atom stereocenters. The maximum atomic E-state index is 12.8. The molecule has 0 spiro atoms. The molecule has 0 aliphatic rings. The van der Waals surface area contributed by atoms with Gasteiger partial charge in [0.1, 0.15) is 12.2 Å². The first kappa shape index (κ1) is 17.8. The highest BCUT2D eigenvalue weighted by Gasteiger charge is 2.25. The first-order valence-electron chi connectivity index (χ1n) is 7.91. The van der Waals surface area contributed by atoms with E-state index in [-0.39, 0.29) is 24.1 Å². The van der Waals surface area contributed by atoms with Crippen LogP contribution in [0.15, 0.2) is 34.9 Å². The standard InChI is InChI=1S/C19H23NO4/c1-12-5-7-15(8-6-12)9-14(3)20(4)19(23)18-13(2)11-24-16(18)10-17(21)22/h5-8,11,14H,9-10H2,1-4H3,(H,21,22). The number of carboxylic acids is 1. The fourth-order valence-electron chi connectivity index (χ4n) is 2.63. The molecule has 1 aromatic heterocycles. The number of carbonyl (C=O) groups excluding carboxylic acids is 1. The smallest absolute Gasteiger partial charge is 0.311 e. The molecule has 0 saturated heterocycles. The molecule has 1 N–H and O–H groups in total. The van der Waals surface area contributed by atoms with Crippen molar-refractivity contribution in [1.29, 1.82) is 0 Å². The Bertz CT molecular complexity index is 730. The van der Waals surface area contributed by atoms with Gasteiger partial charge in [0.05, 0.1) is 11.8 Å². The first-order valence-corrected chi connectivity index (χ1v) is 7.91. The van der Waals surface area contributed by atoms with Gasteiger partial charge < -0.3 is 14.4 Å². The number of amides is 1. The zero-order chi connectivity index (χ0) is 17.9. The Kier molecular flexibility index (Phi) is 5.44. The summed E-state index contributed by atoms with van der Waals surface area (Å²) in [5.74, 6) is -1.02. The lowest BCUT2D eigenvalue weighted by atomic mass is 10.0. The van der Waals surface area contributed by atoms with E-state index in [1.807, 2.05) is 13.8 Å². The van der Waals surface area contributed by atoms with Crippen molar-refractivity contribution in [3.8, 4) is 0 Å². The molecule has 0 aliphatic heterocycles. The average Bonchev–Trinajstić information content (AvgIpc) is 2.88. The number of furan rings is 1. The van der Waals surface area contributed by atoms with Crippen LogP contribution >= 0.6 is 0 Å². The Balaban J connectivity index is 2.15. The highest BCUT2D eigenvalue weighted by Crippen LogP contribution is 2.21. The topological polar surface area (TPSA) is 70.8 Å². The van der Waals surface area contributed by atoms with Gasteiger partial charge in [0.15, 0.2) is 0 Å². The Morgan fingerprint density at radius 1 is 1.21 bits per heavy atom. The number of aryl methyl sites for hydroxylation is 2. The van der Waals surface area contributed by atoms with Crippen LogP contribution in [-0.2, 0) is 17.6 Å². The van der Waals surface area contributed by atoms with Gasteiger partial charge in [0, 0.05) is 18.7 Å². The normalized spacial score (nSPS) is 12.0. The van der Waals surface area contributed by atoms with Gasteiger partial charge >= 0.3 is 5.97 Å². The second-order valence-corrected chi connectivity index (χ2v) is 6.24. The first-order chi connectivity index (χ1) is 11.3. The van der Waals surface area contributed by atoms with Crippen LogP contribution in [0.5, 0.6) is 0 Å². The molecule has 2 rings (SSSR count). The summed E-state index contributed by atoms with van der Waals surface area (Å²) in [6.45, 7) is 5.76. The second kappa shape index (κ2) is 7.34. The number of rotatable bonds is 6. The van der Waals surface area contributed by atoms with Crippen molar-refractivity contribution in [3.05, 3.63) is 58.5 Å². The van der Waals surface area contributed by atoms with Crippen LogP contribution in [0.4, 0.5) is 0 Å². The van der Waals surface area contributed by atoms with E-state index in [0.29, 0.717) is 11.1 Å². The number of carboxylic acid groups (broad SMARTS) is 1. The molecular formula is C19H23NO4. The van der Waals surface area contributed by atoms with Crippen molar-refractivity contribution in [2.24, 2.45) is 0 Å². The van der Waals surface area contributed by atoms with Crippen molar-refractivity contribution >= 4 is 11.9 Å². The summed E-state index contributed by atoms with van der Waals surface area (Å²) in [6.07, 6.45) is 1.87. The van der Waals surface area contributed by atoms with E-state index in [9.17, 15) is 9.59 Å². The van der Waals surface area contributed by atoms with E-state index in [0.717, 1.165) is 12.0 Å². The van der Waals surface area contributed by atoms with Crippen molar-refractivity contribution in [2.75, 3.05) is 7.05 Å². The predicted molar refractivity (Wildman–Crippen MR) is 91.2 cm³/mol. The zero-order valence-electron chi connectivity index (χ0n) is 14.5. The zero-order valence-corrected chi connectivity index (χ0v) is 14.5. The molecule has 0 radical (unpaired) electrons. The number of aliphatic carboxylic acids is 1. The molecule has 0 fully saturated rings. The molecule has 2 aromatic rings. The molecule has 24 heavy (non-hydrogen) atoms. The van der Waals surface area contributed by atoms with Gasteiger partial charge in [0.2, 0.25) is 0 Å². The number of hydrogen-bond acceptors (Lipinski definition) is 3. The minimum Gasteiger partial charge on any atom is -0.481 e. The van der Waals surface area contributed by atoms with Gasteiger partial charge in [-0.2, -0.15) is 0 Å². The minimum absolute atomic E-state index is 0.0211. The largest absolute Gasteiger partial charge is 0.481 e. The van der Waals surface area contributed by atoms with Gasteiger partial charge in [-0.15, -0.1) is 0 Å². The van der Waals surface area contributed by atoms with E-state index in [2.05, 4.69) is 24.3 Å². The number of carbonyl (C=O) groups is 2. The van der Waals surface area contributed by atoms with Crippen LogP contribution in [0.3, 0.4) is 0 Å². The summed E-state index contributed by atoms with van der Waals surface area (Å²) in [4.78, 5) is 25.4. The third-order valence-corrected chi connectivity index (χ3v) is 4.21. The lowest BCUT2D eigenvalue weighted by molar-refractivity contribution is -0.136. The lowest BCUT2D eigenvalue weighted by Gasteiger charge is -2.25. The third-order valence-electron chi connectivity index (χ3n) is 4.21. The number of benzene rings is 1. The number of nitrogens with zero attached hydrogens (tertiary/aromatic N) is 1. The van der Waals surface area contributed by atoms with Crippen LogP contribution in [-0.4, -0.2) is 35.0 Å². The van der Waals surface area contributed by atoms with Gasteiger partial charge in [-0.05, 0) is 32.8 Å². The van der Waals surface area contributed by atoms with Crippen LogP contribution in [0.25, 0.3) is 0 Å². The third kappa shape index (κ3) is 4.04. The van der Waals surface area contributed by atoms with Crippen molar-refractivity contribution in [2.45, 2.75) is 39.7 Å². The van der Waals surface area contributed by atoms with Crippen LogP contribution in [0.1, 0.15) is 39.7 Å². The summed E-state index contributed by atoms with van der Waals surface area (Å²) in [5.41, 5.74) is 3.37. The maximum absolute atomic E-state index is 12.8. The van der Waals surface area contributed by atoms with E-state index >= 15 is 0 Å². The summed E-state index contributed by atoms with van der Waals surface area (Å²) in [5, 5.41) is 8.96.